The van der Waals surface area contributed by atoms with E-state index >= 15 is 0 Å². The van der Waals surface area contributed by atoms with Crippen molar-refractivity contribution in [3.63, 3.8) is 0 Å². The monoisotopic (exact) mass is 175 g/mol. The van der Waals surface area contributed by atoms with Gasteiger partial charge < -0.3 is 0 Å². The Morgan fingerprint density at radius 3 is 1.64 bits per heavy atom. The summed E-state index contributed by atoms with van der Waals surface area (Å²) in [5.74, 6) is 1.54. The summed E-state index contributed by atoms with van der Waals surface area (Å²) in [7, 11) is 0. The first kappa shape index (κ1) is 13.6. The molecule has 0 heterocycles. The summed E-state index contributed by atoms with van der Waals surface area (Å²) in [5, 5.41) is 0. The average Bonchev–Trinajstić information content (AvgIpc) is 1.82. The number of rotatable bonds is 2. The van der Waals surface area contributed by atoms with Gasteiger partial charge in [-0.15, -0.1) is 0 Å². The Bertz CT molecular complexity index is 84.8. The van der Waals surface area contributed by atoms with E-state index in [1.54, 1.807) is 0 Å². The van der Waals surface area contributed by atoms with Crippen LogP contribution in [0.4, 0.5) is 0 Å². The molecule has 0 rings (SSSR count). The largest absolute Gasteiger partial charge is 0.232 e. The molecule has 0 aromatic heterocycles. The number of nitrogens with zero attached hydrogens (tertiary/aromatic N) is 1. The van der Waals surface area contributed by atoms with Gasteiger partial charge in [0, 0.05) is 6.21 Å². The van der Waals surface area contributed by atoms with Gasteiger partial charge in [0.1, 0.15) is 0 Å². The lowest BCUT2D eigenvalue weighted by molar-refractivity contribution is 0.691. The third kappa shape index (κ3) is 39.9. The molecule has 0 bridgehead atoms. The molecule has 2 heteroatoms. The normalized spacial score (nSPS) is 10.5. The van der Waals surface area contributed by atoms with Crippen molar-refractivity contribution < 1.29 is 0 Å². The van der Waals surface area contributed by atoms with Crippen molar-refractivity contribution >= 4 is 19.0 Å². The molecule has 0 aliphatic rings. The van der Waals surface area contributed by atoms with Crippen molar-refractivity contribution in [1.82, 2.24) is 0 Å². The van der Waals surface area contributed by atoms with E-state index in [2.05, 4.69) is 51.8 Å². The zero-order valence-corrected chi connectivity index (χ0v) is 9.23. The molecule has 0 N–H and O–H groups in total. The fourth-order valence-electron chi connectivity index (χ4n) is 0.258. The quantitative estimate of drug-likeness (QED) is 0.486. The minimum absolute atomic E-state index is 0.705. The molecular weight excluding hydrogens is 154 g/mol. The topological polar surface area (TPSA) is 12.4 Å². The Morgan fingerprint density at radius 1 is 1.18 bits per heavy atom. The lowest BCUT2D eigenvalue weighted by Crippen LogP contribution is -1.84. The van der Waals surface area contributed by atoms with E-state index in [9.17, 15) is 0 Å². The minimum Gasteiger partial charge on any atom is -0.232 e. The van der Waals surface area contributed by atoms with E-state index in [4.69, 9.17) is 0 Å². The molecule has 0 radical (unpaired) electrons. The van der Waals surface area contributed by atoms with E-state index in [-0.39, 0.29) is 0 Å². The van der Waals surface area contributed by atoms with Crippen molar-refractivity contribution in [2.75, 3.05) is 0 Å². The molecule has 0 unspecified atom stereocenters. The molecule has 0 aromatic rings. The first-order valence-electron chi connectivity index (χ1n) is 4.16. The van der Waals surface area contributed by atoms with Crippen LogP contribution in [0.25, 0.3) is 0 Å². The van der Waals surface area contributed by atoms with Crippen LogP contribution in [-0.4, -0.2) is 6.21 Å². The van der Waals surface area contributed by atoms with Crippen LogP contribution in [0.3, 0.4) is 0 Å². The second kappa shape index (κ2) is 10.0. The molecule has 0 spiro atoms. The number of hydrogen-bond acceptors (Lipinski definition) is 2. The fraction of sp³-hybridized carbons (Fsp3) is 0.889. The predicted octanol–water partition coefficient (Wildman–Crippen LogP) is 3.61. The third-order valence-electron chi connectivity index (χ3n) is 0.658. The van der Waals surface area contributed by atoms with Gasteiger partial charge in [-0.1, -0.05) is 34.6 Å². The summed E-state index contributed by atoms with van der Waals surface area (Å²) in [6, 6.07) is 0. The van der Waals surface area contributed by atoms with Gasteiger partial charge in [-0.25, -0.2) is 4.40 Å². The van der Waals surface area contributed by atoms with Gasteiger partial charge in [0.25, 0.3) is 0 Å². The molecule has 0 saturated carbocycles. The van der Waals surface area contributed by atoms with Crippen LogP contribution in [-0.2, 0) is 0 Å². The van der Waals surface area contributed by atoms with Crippen molar-refractivity contribution in [3.05, 3.63) is 0 Å². The highest BCUT2D eigenvalue weighted by Gasteiger charge is 1.85. The first-order chi connectivity index (χ1) is 5.00. The maximum atomic E-state index is 3.66. The van der Waals surface area contributed by atoms with Gasteiger partial charge in [-0.3, -0.25) is 0 Å². The first-order valence-corrected chi connectivity index (χ1v) is 4.56. The van der Waals surface area contributed by atoms with Crippen molar-refractivity contribution in [3.8, 4) is 0 Å². The average molecular weight is 175 g/mol. The van der Waals surface area contributed by atoms with Crippen LogP contribution in [0.2, 0.25) is 0 Å². The third-order valence-corrected chi connectivity index (χ3v) is 0.822. The zero-order chi connectivity index (χ0) is 9.28. The van der Waals surface area contributed by atoms with Gasteiger partial charge in [-0.2, -0.15) is 0 Å². The standard InChI is InChI=1S/C5H11NS.C4H10/c1-5(2)3-4-6-7;1-4(2)3/h4-5,7H,3H2,1-2H3;4H,1-3H3/b6-4+;. The Balaban J connectivity index is 0. The summed E-state index contributed by atoms with van der Waals surface area (Å²) < 4.78 is 3.55. The predicted molar refractivity (Wildman–Crippen MR) is 57.4 cm³/mol. The van der Waals surface area contributed by atoms with Gasteiger partial charge in [-0.05, 0) is 31.1 Å². The molecule has 68 valence electrons. The lowest BCUT2D eigenvalue weighted by Gasteiger charge is -1.92. The van der Waals surface area contributed by atoms with Gasteiger partial charge in [0.2, 0.25) is 0 Å². The Kier molecular flexibility index (Phi) is 12.4. The van der Waals surface area contributed by atoms with Crippen LogP contribution in [0, 0.1) is 11.8 Å². The number of hydrogen-bond donors (Lipinski definition) is 1. The Labute approximate surface area is 76.9 Å². The summed E-state index contributed by atoms with van der Waals surface area (Å²) >= 11 is 3.66. The summed E-state index contributed by atoms with van der Waals surface area (Å²) in [6.45, 7) is 10.8. The highest BCUT2D eigenvalue weighted by molar-refractivity contribution is 7.78. The molecule has 0 fully saturated rings. The van der Waals surface area contributed by atoms with Crippen LogP contribution in [0.15, 0.2) is 4.40 Å². The Hall–Kier alpha value is 0.0200. The van der Waals surface area contributed by atoms with E-state index in [0.29, 0.717) is 5.92 Å². The fourth-order valence-corrected chi connectivity index (χ4v) is 0.352. The van der Waals surface area contributed by atoms with Gasteiger partial charge >= 0.3 is 0 Å². The van der Waals surface area contributed by atoms with Crippen LogP contribution >= 0.6 is 12.8 Å². The van der Waals surface area contributed by atoms with Crippen LogP contribution in [0.5, 0.6) is 0 Å². The maximum Gasteiger partial charge on any atom is 0.0125 e. The second-order valence-corrected chi connectivity index (χ2v) is 3.89. The summed E-state index contributed by atoms with van der Waals surface area (Å²) in [4.78, 5) is 0. The van der Waals surface area contributed by atoms with Gasteiger partial charge in [0.15, 0.2) is 0 Å². The van der Waals surface area contributed by atoms with Gasteiger partial charge in [0.05, 0.1) is 0 Å². The maximum absolute atomic E-state index is 3.66. The molecule has 0 atom stereocenters. The summed E-state index contributed by atoms with van der Waals surface area (Å²) in [6.07, 6.45) is 2.84. The highest BCUT2D eigenvalue weighted by atomic mass is 32.1. The van der Waals surface area contributed by atoms with E-state index in [1.165, 1.54) is 0 Å². The molecule has 0 aromatic carbocycles. The van der Waals surface area contributed by atoms with E-state index < -0.39 is 0 Å². The minimum atomic E-state index is 0.705. The molecule has 11 heavy (non-hydrogen) atoms. The second-order valence-electron chi connectivity index (χ2n) is 3.66. The molecule has 1 nitrogen and oxygen atoms in total. The molecule has 0 amide bonds. The molecular formula is C9H21NS. The highest BCUT2D eigenvalue weighted by Crippen LogP contribution is 1.94. The van der Waals surface area contributed by atoms with Crippen molar-refractivity contribution in [2.24, 2.45) is 16.2 Å². The smallest absolute Gasteiger partial charge is 0.0125 e. The van der Waals surface area contributed by atoms with E-state index in [1.807, 2.05) is 6.21 Å². The van der Waals surface area contributed by atoms with Crippen molar-refractivity contribution in [1.29, 1.82) is 0 Å². The Morgan fingerprint density at radius 2 is 1.55 bits per heavy atom. The molecule has 0 aliphatic carbocycles. The van der Waals surface area contributed by atoms with E-state index in [0.717, 1.165) is 12.3 Å². The van der Waals surface area contributed by atoms with Crippen LogP contribution in [0.1, 0.15) is 41.0 Å². The zero-order valence-electron chi connectivity index (χ0n) is 8.33. The number of thiol groups is 1. The molecule has 0 saturated heterocycles. The lowest BCUT2D eigenvalue weighted by atomic mass is 10.2. The SMILES string of the molecule is CC(C)C.CC(C)C/C=N/S. The van der Waals surface area contributed by atoms with Crippen molar-refractivity contribution in [2.45, 2.75) is 41.0 Å². The van der Waals surface area contributed by atoms with Crippen LogP contribution < -0.4 is 0 Å². The molecule has 0 aliphatic heterocycles. The summed E-state index contributed by atoms with van der Waals surface area (Å²) in [5.41, 5.74) is 0.